The summed E-state index contributed by atoms with van der Waals surface area (Å²) in [7, 11) is 0. The summed E-state index contributed by atoms with van der Waals surface area (Å²) >= 11 is 0. The maximum atomic E-state index is 13.4. The van der Waals surface area contributed by atoms with Gasteiger partial charge in [-0.15, -0.1) is 0 Å². The molecule has 0 N–H and O–H groups in total. The van der Waals surface area contributed by atoms with Gasteiger partial charge < -0.3 is 0 Å². The molecule has 1 fully saturated rings. The minimum absolute atomic E-state index is 0.151. The van der Waals surface area contributed by atoms with E-state index in [-0.39, 0.29) is 5.82 Å². The van der Waals surface area contributed by atoms with E-state index in [1.807, 2.05) is 13.0 Å². The van der Waals surface area contributed by atoms with Gasteiger partial charge in [-0.1, -0.05) is 24.3 Å². The predicted molar refractivity (Wildman–Crippen MR) is 108 cm³/mol. The average molecular weight is 371 g/mol. The highest BCUT2D eigenvalue weighted by atomic mass is 19.1. The number of aryl methyl sites for hydroxylation is 1. The maximum Gasteiger partial charge on any atom is 0.123 e. The van der Waals surface area contributed by atoms with Crippen molar-refractivity contribution in [2.45, 2.75) is 46.8 Å². The largest absolute Gasteiger partial charge is 0.298 e. The van der Waals surface area contributed by atoms with Crippen molar-refractivity contribution in [3.05, 3.63) is 64.7 Å². The van der Waals surface area contributed by atoms with Crippen molar-refractivity contribution in [1.29, 1.82) is 0 Å². The fraction of sp³-hybridized carbons (Fsp3) is 0.500. The van der Waals surface area contributed by atoms with Gasteiger partial charge in [-0.25, -0.2) is 4.39 Å². The van der Waals surface area contributed by atoms with Gasteiger partial charge in [0.25, 0.3) is 0 Å². The van der Waals surface area contributed by atoms with Crippen LogP contribution in [0.15, 0.2) is 36.4 Å². The highest BCUT2D eigenvalue weighted by Gasteiger charge is 2.19. The van der Waals surface area contributed by atoms with Gasteiger partial charge in [0.05, 0.1) is 12.2 Å². The lowest BCUT2D eigenvalue weighted by Gasteiger charge is -2.22. The van der Waals surface area contributed by atoms with Gasteiger partial charge in [-0.2, -0.15) is 5.10 Å². The minimum Gasteiger partial charge on any atom is -0.298 e. The van der Waals surface area contributed by atoms with E-state index < -0.39 is 0 Å². The van der Waals surface area contributed by atoms with E-state index in [4.69, 9.17) is 5.10 Å². The van der Waals surface area contributed by atoms with Gasteiger partial charge in [0.2, 0.25) is 0 Å². The highest BCUT2D eigenvalue weighted by Crippen LogP contribution is 2.18. The first-order chi connectivity index (χ1) is 12.9. The van der Waals surface area contributed by atoms with Crippen molar-refractivity contribution in [1.82, 2.24) is 19.6 Å². The Labute approximate surface area is 162 Å². The summed E-state index contributed by atoms with van der Waals surface area (Å²) in [6.45, 7) is 17.0. The molecule has 5 heteroatoms. The normalized spacial score (nSPS) is 16.4. The summed E-state index contributed by atoms with van der Waals surface area (Å²) in [5.74, 6) is -0.151. The van der Waals surface area contributed by atoms with Crippen LogP contribution >= 0.6 is 0 Å². The molecule has 0 bridgehead atoms. The van der Waals surface area contributed by atoms with Gasteiger partial charge in [0.15, 0.2) is 0 Å². The van der Waals surface area contributed by atoms with E-state index in [0.717, 1.165) is 69.1 Å². The molecule has 0 amide bonds. The number of hydrogen-bond acceptors (Lipinski definition) is 3. The van der Waals surface area contributed by atoms with Crippen LogP contribution in [0, 0.1) is 19.7 Å². The number of hydrogen-bond donors (Lipinski definition) is 0. The van der Waals surface area contributed by atoms with Crippen LogP contribution in [0.4, 0.5) is 4.39 Å². The Morgan fingerprint density at radius 2 is 1.81 bits per heavy atom. The van der Waals surface area contributed by atoms with Crippen LogP contribution in [0.25, 0.3) is 0 Å². The second kappa shape index (κ2) is 8.81. The van der Waals surface area contributed by atoms with Crippen LogP contribution in [0.2, 0.25) is 0 Å². The predicted octanol–water partition coefficient (Wildman–Crippen LogP) is 3.92. The monoisotopic (exact) mass is 370 g/mol. The molecule has 4 nitrogen and oxygen atoms in total. The van der Waals surface area contributed by atoms with E-state index in [0.29, 0.717) is 0 Å². The molecule has 0 radical (unpaired) electrons. The van der Waals surface area contributed by atoms with Crippen molar-refractivity contribution in [2.24, 2.45) is 0 Å². The first-order valence-corrected chi connectivity index (χ1v) is 9.79. The molecule has 0 spiro atoms. The third-order valence-electron chi connectivity index (χ3n) is 5.31. The topological polar surface area (TPSA) is 24.3 Å². The van der Waals surface area contributed by atoms with Crippen LogP contribution < -0.4 is 0 Å². The standard InChI is InChI=1S/C22H31FN4/c1-17(2)14-27-19(4)22(18(3)24-27)16-26-10-6-9-25(11-12-26)15-20-7-5-8-21(23)13-20/h5,7-8,13H,1,6,9-12,14-16H2,2-4H3. The number of nitrogens with zero attached hydrogens (tertiary/aromatic N) is 4. The van der Waals surface area contributed by atoms with Crippen molar-refractivity contribution in [3.63, 3.8) is 0 Å². The zero-order valence-electron chi connectivity index (χ0n) is 16.8. The third-order valence-corrected chi connectivity index (χ3v) is 5.31. The lowest BCUT2D eigenvalue weighted by Crippen LogP contribution is -2.30. The summed E-state index contributed by atoms with van der Waals surface area (Å²) in [5.41, 5.74) is 5.88. The molecule has 0 saturated carbocycles. The summed E-state index contributed by atoms with van der Waals surface area (Å²) in [6.07, 6.45) is 1.13. The van der Waals surface area contributed by atoms with E-state index in [1.165, 1.54) is 17.3 Å². The Bertz CT molecular complexity index is 796. The molecule has 2 aromatic rings. The average Bonchev–Trinajstić information content (AvgIpc) is 2.76. The molecule has 27 heavy (non-hydrogen) atoms. The van der Waals surface area contributed by atoms with Crippen LogP contribution in [0.1, 0.15) is 35.9 Å². The van der Waals surface area contributed by atoms with Crippen molar-refractivity contribution < 1.29 is 4.39 Å². The number of aromatic nitrogens is 2. The van der Waals surface area contributed by atoms with E-state index in [1.54, 1.807) is 12.1 Å². The molecule has 3 rings (SSSR count). The minimum atomic E-state index is -0.151. The Morgan fingerprint density at radius 3 is 2.48 bits per heavy atom. The zero-order chi connectivity index (χ0) is 19.4. The molecule has 1 aliphatic rings. The lowest BCUT2D eigenvalue weighted by molar-refractivity contribution is 0.246. The SMILES string of the molecule is C=C(C)Cn1nc(C)c(CN2CCCN(Cc3cccc(F)c3)CC2)c1C. The van der Waals surface area contributed by atoms with Gasteiger partial charge in [0, 0.05) is 37.4 Å². The fourth-order valence-corrected chi connectivity index (χ4v) is 3.83. The summed E-state index contributed by atoms with van der Waals surface area (Å²) in [4.78, 5) is 4.95. The fourth-order valence-electron chi connectivity index (χ4n) is 3.83. The van der Waals surface area contributed by atoms with Crippen molar-refractivity contribution in [3.8, 4) is 0 Å². The smallest absolute Gasteiger partial charge is 0.123 e. The summed E-state index contributed by atoms with van der Waals surface area (Å²) in [6, 6.07) is 6.95. The second-order valence-electron chi connectivity index (χ2n) is 7.80. The molecule has 2 heterocycles. The zero-order valence-corrected chi connectivity index (χ0v) is 16.8. The molecular weight excluding hydrogens is 339 g/mol. The van der Waals surface area contributed by atoms with E-state index in [2.05, 4.69) is 34.9 Å². The van der Waals surface area contributed by atoms with Crippen LogP contribution in [-0.4, -0.2) is 45.8 Å². The first-order valence-electron chi connectivity index (χ1n) is 9.79. The molecule has 0 unspecified atom stereocenters. The van der Waals surface area contributed by atoms with Crippen molar-refractivity contribution >= 4 is 0 Å². The van der Waals surface area contributed by atoms with Gasteiger partial charge in [-0.05, 0) is 58.0 Å². The molecule has 0 aliphatic carbocycles. The van der Waals surface area contributed by atoms with Gasteiger partial charge >= 0.3 is 0 Å². The molecular formula is C22H31FN4. The number of allylic oxidation sites excluding steroid dienone is 1. The van der Waals surface area contributed by atoms with E-state index >= 15 is 0 Å². The first kappa shape index (κ1) is 19.8. The molecule has 1 aromatic heterocycles. The molecule has 146 valence electrons. The van der Waals surface area contributed by atoms with Crippen molar-refractivity contribution in [2.75, 3.05) is 26.2 Å². The van der Waals surface area contributed by atoms with Crippen LogP contribution in [-0.2, 0) is 19.6 Å². The van der Waals surface area contributed by atoms with Crippen LogP contribution in [0.3, 0.4) is 0 Å². The van der Waals surface area contributed by atoms with Crippen LogP contribution in [0.5, 0.6) is 0 Å². The number of halogens is 1. The Morgan fingerprint density at radius 1 is 1.11 bits per heavy atom. The van der Waals surface area contributed by atoms with Gasteiger partial charge in [-0.3, -0.25) is 14.5 Å². The maximum absolute atomic E-state index is 13.4. The molecule has 1 aliphatic heterocycles. The Hall–Kier alpha value is -1.98. The van der Waals surface area contributed by atoms with E-state index in [9.17, 15) is 4.39 Å². The third kappa shape index (κ3) is 5.27. The molecule has 1 saturated heterocycles. The summed E-state index contributed by atoms with van der Waals surface area (Å²) in [5, 5.41) is 4.70. The Balaban J connectivity index is 1.60. The summed E-state index contributed by atoms with van der Waals surface area (Å²) < 4.78 is 15.5. The number of benzene rings is 1. The van der Waals surface area contributed by atoms with Gasteiger partial charge in [0.1, 0.15) is 5.82 Å². The second-order valence-corrected chi connectivity index (χ2v) is 7.80. The molecule has 0 atom stereocenters. The number of rotatable bonds is 6. The molecule has 1 aromatic carbocycles. The highest BCUT2D eigenvalue weighted by molar-refractivity contribution is 5.25. The quantitative estimate of drug-likeness (QED) is 0.720. The lowest BCUT2D eigenvalue weighted by atomic mass is 10.1. The Kier molecular flexibility index (Phi) is 6.45.